The molecule has 0 aliphatic carbocycles. The molecule has 4 heterocycles. The van der Waals surface area contributed by atoms with E-state index < -0.39 is 43.1 Å². The molecule has 7 N–H and O–H groups in total. The fourth-order valence-electron chi connectivity index (χ4n) is 5.38. The normalized spacial score (nSPS) is 26.9. The molecule has 206 valence electrons. The number of hydrogen-bond acceptors (Lipinski definition) is 10. The Morgan fingerprint density at radius 2 is 1.89 bits per heavy atom. The minimum Gasteiger partial charge on any atom is -0.497 e. The van der Waals surface area contributed by atoms with E-state index in [4.69, 9.17) is 35.4 Å². The first-order chi connectivity index (χ1) is 17.6. The number of methoxy groups -OCH3 is 1. The van der Waals surface area contributed by atoms with Crippen molar-refractivity contribution in [2.24, 2.45) is 11.8 Å². The number of aliphatic carboxylic acids is 1. The van der Waals surface area contributed by atoms with Crippen LogP contribution in [0.2, 0.25) is 0 Å². The van der Waals surface area contributed by atoms with Crippen LogP contribution in [-0.2, 0) is 4.79 Å². The Morgan fingerprint density at radius 3 is 2.46 bits per heavy atom. The van der Waals surface area contributed by atoms with Crippen molar-refractivity contribution in [2.45, 2.75) is 62.7 Å². The third kappa shape index (κ3) is 6.55. The highest BCUT2D eigenvalue weighted by Gasteiger charge is 2.42. The van der Waals surface area contributed by atoms with Gasteiger partial charge in [0.25, 0.3) is 0 Å². The number of aliphatic hydroxyl groups is 6. The third-order valence-corrected chi connectivity index (χ3v) is 7.63. The van der Waals surface area contributed by atoms with Gasteiger partial charge in [-0.1, -0.05) is 13.3 Å². The Morgan fingerprint density at radius 1 is 1.16 bits per heavy atom. The van der Waals surface area contributed by atoms with Crippen LogP contribution in [0.4, 0.5) is 0 Å². The smallest absolute Gasteiger partial charge is 0.335 e. The molecule has 0 amide bonds. The molecule has 11 nitrogen and oxygen atoms in total. The van der Waals surface area contributed by atoms with Gasteiger partial charge in [-0.15, -0.1) is 0 Å². The monoisotopic (exact) mass is 522 g/mol. The van der Waals surface area contributed by atoms with E-state index in [-0.39, 0.29) is 6.04 Å². The molecule has 0 saturated carbocycles. The average Bonchev–Trinajstić information content (AvgIpc) is 2.94. The van der Waals surface area contributed by atoms with Crippen molar-refractivity contribution >= 4 is 16.9 Å². The Hall–Kier alpha value is -2.38. The van der Waals surface area contributed by atoms with Gasteiger partial charge in [0.2, 0.25) is 0 Å². The Balaban J connectivity index is 0.000000251. The molecule has 2 aromatic rings. The molecule has 1 aromatic heterocycles. The number of aliphatic hydroxyl groups excluding tert-OH is 6. The van der Waals surface area contributed by atoms with Crippen LogP contribution in [-0.4, -0.2) is 109 Å². The summed E-state index contributed by atoms with van der Waals surface area (Å²) in [5.74, 6) is 0.649. The molecule has 3 fully saturated rings. The van der Waals surface area contributed by atoms with Crippen molar-refractivity contribution in [1.29, 1.82) is 0 Å². The summed E-state index contributed by atoms with van der Waals surface area (Å²) < 4.78 is 5.36. The van der Waals surface area contributed by atoms with Crippen molar-refractivity contribution in [3.8, 4) is 5.75 Å². The summed E-state index contributed by atoms with van der Waals surface area (Å²) in [5.41, 5.74) is 1.89. The fourth-order valence-corrected chi connectivity index (χ4v) is 5.38. The maximum atomic E-state index is 11.2. The van der Waals surface area contributed by atoms with Gasteiger partial charge >= 0.3 is 5.97 Å². The average molecular weight is 523 g/mol. The number of benzene rings is 1. The van der Waals surface area contributed by atoms with Gasteiger partial charge in [-0.25, -0.2) is 4.79 Å². The topological polar surface area (TPSA) is 184 Å². The quantitative estimate of drug-likeness (QED) is 0.233. The van der Waals surface area contributed by atoms with Gasteiger partial charge < -0.3 is 40.5 Å². The molecule has 3 saturated heterocycles. The van der Waals surface area contributed by atoms with Gasteiger partial charge in [0, 0.05) is 24.2 Å². The van der Waals surface area contributed by atoms with E-state index in [9.17, 15) is 9.90 Å². The second-order valence-corrected chi connectivity index (χ2v) is 9.76. The van der Waals surface area contributed by atoms with Crippen molar-refractivity contribution in [2.75, 3.05) is 26.8 Å². The SMILES string of the molecule is CC[C@H]1CN2CC[C@H]1CC2[C@@H](O)c1ccnc2ccc(OC)cc12.O=C(O)[C@H](O)[C@@H](O)[C@H](O)[C@H](O)CO. The zero-order chi connectivity index (χ0) is 27.3. The van der Waals surface area contributed by atoms with Gasteiger partial charge in [-0.05, 0) is 61.1 Å². The number of hydrogen-bond donors (Lipinski definition) is 7. The van der Waals surface area contributed by atoms with E-state index in [2.05, 4.69) is 16.8 Å². The van der Waals surface area contributed by atoms with Crippen LogP contribution < -0.4 is 4.74 Å². The predicted molar refractivity (Wildman–Crippen MR) is 134 cm³/mol. The third-order valence-electron chi connectivity index (χ3n) is 7.63. The summed E-state index contributed by atoms with van der Waals surface area (Å²) in [4.78, 5) is 17.0. The van der Waals surface area contributed by atoms with Crippen LogP contribution in [0.1, 0.15) is 37.9 Å². The van der Waals surface area contributed by atoms with Gasteiger partial charge in [-0.2, -0.15) is 0 Å². The number of carboxylic acids is 1. The van der Waals surface area contributed by atoms with Crippen LogP contribution in [0, 0.1) is 11.8 Å². The Kier molecular flexibility index (Phi) is 10.2. The first kappa shape index (κ1) is 29.2. The second-order valence-electron chi connectivity index (χ2n) is 9.76. The highest BCUT2D eigenvalue weighted by molar-refractivity contribution is 5.84. The van der Waals surface area contributed by atoms with Crippen LogP contribution in [0.5, 0.6) is 5.75 Å². The summed E-state index contributed by atoms with van der Waals surface area (Å²) in [6, 6.07) is 8.07. The van der Waals surface area contributed by atoms with Gasteiger partial charge in [0.1, 0.15) is 24.1 Å². The predicted octanol–water partition coefficient (Wildman–Crippen LogP) is -0.0959. The lowest BCUT2D eigenvalue weighted by molar-refractivity contribution is -0.164. The van der Waals surface area contributed by atoms with E-state index in [1.807, 2.05) is 24.3 Å². The van der Waals surface area contributed by atoms with E-state index in [0.717, 1.165) is 53.6 Å². The van der Waals surface area contributed by atoms with Crippen molar-refractivity contribution in [1.82, 2.24) is 9.88 Å². The lowest BCUT2D eigenvalue weighted by Gasteiger charge is -2.51. The Bertz CT molecular complexity index is 1040. The standard InChI is InChI=1S/C20H26N2O2.C6H12O7/c1-3-13-12-22-9-7-14(13)10-19(22)20(23)16-6-8-21-18-5-4-15(24-2)11-17(16)18;7-1-2(8)3(9)4(10)5(11)6(12)13/h4-6,8,11,13-14,19-20,23H,3,7,9-10,12H2,1-2H3;2-5,7-11H,1H2,(H,12,13)/t13-,14-,19?,20-;2-,3-,4+,5-/m01/s1. The summed E-state index contributed by atoms with van der Waals surface area (Å²) in [5, 5.41) is 64.0. The number of rotatable bonds is 9. The molecule has 0 spiro atoms. The molecule has 9 atom stereocenters. The lowest BCUT2D eigenvalue weighted by Crippen LogP contribution is -2.55. The molecule has 5 rings (SSSR count). The van der Waals surface area contributed by atoms with Gasteiger partial charge in [0.15, 0.2) is 6.10 Å². The van der Waals surface area contributed by atoms with Crippen LogP contribution >= 0.6 is 0 Å². The maximum Gasteiger partial charge on any atom is 0.335 e. The maximum absolute atomic E-state index is 11.2. The van der Waals surface area contributed by atoms with Crippen molar-refractivity contribution < 1.29 is 45.3 Å². The zero-order valence-electron chi connectivity index (χ0n) is 21.1. The number of pyridine rings is 1. The van der Waals surface area contributed by atoms with Gasteiger partial charge in [0.05, 0.1) is 25.3 Å². The molecule has 3 aliphatic heterocycles. The fraction of sp³-hybridized carbons (Fsp3) is 0.615. The molecule has 11 heteroatoms. The van der Waals surface area contributed by atoms with Gasteiger partial charge in [-0.3, -0.25) is 9.88 Å². The van der Waals surface area contributed by atoms with Crippen molar-refractivity contribution in [3.63, 3.8) is 0 Å². The number of ether oxygens (including phenoxy) is 1. The summed E-state index contributed by atoms with van der Waals surface area (Å²) in [7, 11) is 1.67. The van der Waals surface area contributed by atoms with E-state index in [1.165, 1.54) is 12.8 Å². The first-order valence-electron chi connectivity index (χ1n) is 12.5. The first-order valence-corrected chi connectivity index (χ1v) is 12.5. The number of piperidine rings is 3. The number of carboxylic acid groups (broad SMARTS) is 1. The zero-order valence-corrected chi connectivity index (χ0v) is 21.1. The molecule has 3 aliphatic rings. The van der Waals surface area contributed by atoms with E-state index in [0.29, 0.717) is 0 Å². The summed E-state index contributed by atoms with van der Waals surface area (Å²) >= 11 is 0. The largest absolute Gasteiger partial charge is 0.497 e. The minimum atomic E-state index is -2.20. The van der Waals surface area contributed by atoms with E-state index >= 15 is 0 Å². The molecular weight excluding hydrogens is 484 g/mol. The van der Waals surface area contributed by atoms with Crippen LogP contribution in [0.15, 0.2) is 30.5 Å². The molecule has 2 bridgehead atoms. The lowest BCUT2D eigenvalue weighted by atomic mass is 9.72. The molecule has 0 radical (unpaired) electrons. The highest BCUT2D eigenvalue weighted by Crippen LogP contribution is 2.42. The molecule has 2 unspecified atom stereocenters. The number of fused-ring (bicyclic) bond motifs is 4. The highest BCUT2D eigenvalue weighted by atomic mass is 16.5. The van der Waals surface area contributed by atoms with Crippen LogP contribution in [0.25, 0.3) is 10.9 Å². The summed E-state index contributed by atoms with van der Waals surface area (Å²) in [6.07, 6.45) is -2.86. The number of carbonyl (C=O) groups is 1. The second kappa shape index (κ2) is 12.9. The molecular formula is C26H38N2O9. The number of aromatic nitrogens is 1. The van der Waals surface area contributed by atoms with Crippen LogP contribution in [0.3, 0.4) is 0 Å². The molecule has 37 heavy (non-hydrogen) atoms. The Labute approximate surface area is 215 Å². The molecule has 1 aromatic carbocycles. The minimum absolute atomic E-state index is 0.225. The summed E-state index contributed by atoms with van der Waals surface area (Å²) in [6.45, 7) is 3.70. The van der Waals surface area contributed by atoms with E-state index in [1.54, 1.807) is 13.3 Å². The number of nitrogens with zero attached hydrogens (tertiary/aromatic N) is 2. The van der Waals surface area contributed by atoms with Crippen molar-refractivity contribution in [3.05, 3.63) is 36.0 Å².